The van der Waals surface area contributed by atoms with Gasteiger partial charge < -0.3 is 14.8 Å². The Kier molecular flexibility index (Phi) is 5.52. The molecule has 0 saturated carbocycles. The average Bonchev–Trinajstić information content (AvgIpc) is 2.67. The van der Waals surface area contributed by atoms with Crippen LogP contribution in [0.2, 0.25) is 0 Å². The summed E-state index contributed by atoms with van der Waals surface area (Å²) in [6.07, 6.45) is 4.54. The van der Waals surface area contributed by atoms with Crippen molar-refractivity contribution < 1.29 is 9.47 Å². The van der Waals surface area contributed by atoms with Crippen molar-refractivity contribution in [3.05, 3.63) is 23.8 Å². The van der Waals surface area contributed by atoms with Crippen molar-refractivity contribution in [1.82, 2.24) is 5.32 Å². The summed E-state index contributed by atoms with van der Waals surface area (Å²) in [6.45, 7) is 4.94. The first-order valence-corrected chi connectivity index (χ1v) is 7.32. The Morgan fingerprint density at radius 2 is 1.95 bits per heavy atom. The monoisotopic (exact) mass is 263 g/mol. The van der Waals surface area contributed by atoms with Crippen molar-refractivity contribution in [2.45, 2.75) is 32.6 Å². The second-order valence-corrected chi connectivity index (χ2v) is 5.37. The Bertz CT molecular complexity index is 392. The van der Waals surface area contributed by atoms with Crippen LogP contribution in [0.1, 0.15) is 31.7 Å². The Balaban J connectivity index is 1.89. The molecule has 1 unspecified atom stereocenters. The molecule has 0 radical (unpaired) electrons. The minimum absolute atomic E-state index is 0.753. The first kappa shape index (κ1) is 14.2. The van der Waals surface area contributed by atoms with Gasteiger partial charge in [-0.3, -0.25) is 0 Å². The van der Waals surface area contributed by atoms with E-state index < -0.39 is 0 Å². The van der Waals surface area contributed by atoms with Gasteiger partial charge in [-0.05, 0) is 56.5 Å². The van der Waals surface area contributed by atoms with E-state index in [2.05, 4.69) is 24.4 Å². The topological polar surface area (TPSA) is 30.5 Å². The van der Waals surface area contributed by atoms with Crippen molar-refractivity contribution in [1.29, 1.82) is 0 Å². The van der Waals surface area contributed by atoms with Crippen molar-refractivity contribution in [3.63, 3.8) is 0 Å². The van der Waals surface area contributed by atoms with E-state index in [-0.39, 0.29) is 0 Å². The number of benzene rings is 1. The van der Waals surface area contributed by atoms with Crippen molar-refractivity contribution in [2.75, 3.05) is 26.8 Å². The molecule has 0 saturated heterocycles. The fraction of sp³-hybridized carbons (Fsp3) is 0.625. The van der Waals surface area contributed by atoms with Crippen LogP contribution in [0.3, 0.4) is 0 Å². The number of rotatable bonds is 6. The zero-order valence-corrected chi connectivity index (χ0v) is 12.1. The molecule has 0 aromatic heterocycles. The molecule has 106 valence electrons. The Labute approximate surface area is 116 Å². The maximum atomic E-state index is 5.73. The van der Waals surface area contributed by atoms with Gasteiger partial charge >= 0.3 is 0 Å². The fourth-order valence-electron chi connectivity index (χ4n) is 2.31. The van der Waals surface area contributed by atoms with Crippen molar-refractivity contribution in [2.24, 2.45) is 5.92 Å². The van der Waals surface area contributed by atoms with E-state index in [9.17, 15) is 0 Å². The summed E-state index contributed by atoms with van der Waals surface area (Å²) >= 11 is 0. The van der Waals surface area contributed by atoms with E-state index in [4.69, 9.17) is 9.47 Å². The summed E-state index contributed by atoms with van der Waals surface area (Å²) < 4.78 is 11.4. The van der Waals surface area contributed by atoms with Gasteiger partial charge in [-0.2, -0.15) is 0 Å². The van der Waals surface area contributed by atoms with Gasteiger partial charge in [0.15, 0.2) is 11.5 Å². The van der Waals surface area contributed by atoms with Gasteiger partial charge in [0.25, 0.3) is 0 Å². The van der Waals surface area contributed by atoms with Crippen LogP contribution in [-0.2, 0) is 6.42 Å². The average molecular weight is 263 g/mol. The predicted molar refractivity (Wildman–Crippen MR) is 78.1 cm³/mol. The van der Waals surface area contributed by atoms with Gasteiger partial charge in [-0.1, -0.05) is 13.0 Å². The summed E-state index contributed by atoms with van der Waals surface area (Å²) in [5.74, 6) is 2.56. The van der Waals surface area contributed by atoms with Gasteiger partial charge in [-0.15, -0.1) is 0 Å². The lowest BCUT2D eigenvalue weighted by atomic mass is 9.98. The van der Waals surface area contributed by atoms with Gasteiger partial charge in [-0.25, -0.2) is 0 Å². The Hall–Kier alpha value is -1.22. The highest BCUT2D eigenvalue weighted by Crippen LogP contribution is 2.31. The smallest absolute Gasteiger partial charge is 0.161 e. The van der Waals surface area contributed by atoms with Crippen LogP contribution in [0.25, 0.3) is 0 Å². The predicted octanol–water partition coefficient (Wildman–Crippen LogP) is 3.03. The Morgan fingerprint density at radius 1 is 1.16 bits per heavy atom. The standard InChI is InChI=1S/C16H25NO2/c1-13(8-9-17-2)4-5-14-6-7-15-16(12-14)19-11-3-10-18-15/h6-7,12-13,17H,3-5,8-11H2,1-2H3. The molecule has 0 bridgehead atoms. The molecule has 1 aliphatic heterocycles. The first-order chi connectivity index (χ1) is 9.29. The lowest BCUT2D eigenvalue weighted by molar-refractivity contribution is 0.297. The number of nitrogens with one attached hydrogen (secondary N) is 1. The molecule has 3 heteroatoms. The first-order valence-electron chi connectivity index (χ1n) is 7.32. The van der Waals surface area contributed by atoms with Gasteiger partial charge in [0, 0.05) is 6.42 Å². The third-order valence-electron chi connectivity index (χ3n) is 3.62. The van der Waals surface area contributed by atoms with Gasteiger partial charge in [0.1, 0.15) is 0 Å². The van der Waals surface area contributed by atoms with Crippen LogP contribution < -0.4 is 14.8 Å². The molecule has 2 rings (SSSR count). The highest BCUT2D eigenvalue weighted by molar-refractivity contribution is 5.43. The minimum Gasteiger partial charge on any atom is -0.490 e. The zero-order valence-electron chi connectivity index (χ0n) is 12.1. The molecular weight excluding hydrogens is 238 g/mol. The van der Waals surface area contributed by atoms with Crippen molar-refractivity contribution >= 4 is 0 Å². The lowest BCUT2D eigenvalue weighted by Gasteiger charge is -2.12. The Morgan fingerprint density at radius 3 is 2.74 bits per heavy atom. The van der Waals surface area contributed by atoms with Gasteiger partial charge in [0.05, 0.1) is 13.2 Å². The summed E-state index contributed by atoms with van der Waals surface area (Å²) in [6, 6.07) is 6.36. The largest absolute Gasteiger partial charge is 0.490 e. The van der Waals surface area contributed by atoms with Crippen LogP contribution in [-0.4, -0.2) is 26.8 Å². The summed E-state index contributed by atoms with van der Waals surface area (Å²) in [4.78, 5) is 0. The van der Waals surface area contributed by atoms with Gasteiger partial charge in [0.2, 0.25) is 0 Å². The maximum absolute atomic E-state index is 5.73. The molecule has 1 atom stereocenters. The molecule has 0 fully saturated rings. The van der Waals surface area contributed by atoms with E-state index in [1.54, 1.807) is 0 Å². The molecular formula is C16H25NO2. The zero-order chi connectivity index (χ0) is 13.5. The second kappa shape index (κ2) is 7.39. The summed E-state index contributed by atoms with van der Waals surface area (Å²) in [7, 11) is 2.01. The summed E-state index contributed by atoms with van der Waals surface area (Å²) in [5.41, 5.74) is 1.35. The number of ether oxygens (including phenoxy) is 2. The normalized spacial score (nSPS) is 15.9. The molecule has 3 nitrogen and oxygen atoms in total. The van der Waals surface area contributed by atoms with Crippen LogP contribution in [0.4, 0.5) is 0 Å². The van der Waals surface area contributed by atoms with Crippen LogP contribution >= 0.6 is 0 Å². The molecule has 0 spiro atoms. The third-order valence-corrected chi connectivity index (χ3v) is 3.62. The molecule has 1 heterocycles. The summed E-state index contributed by atoms with van der Waals surface area (Å²) in [5, 5.41) is 3.21. The maximum Gasteiger partial charge on any atom is 0.161 e. The number of aryl methyl sites for hydroxylation is 1. The molecule has 1 aromatic rings. The minimum atomic E-state index is 0.753. The SMILES string of the molecule is CNCCC(C)CCc1ccc2c(c1)OCCCO2. The number of fused-ring (bicyclic) bond motifs is 1. The van der Waals surface area contributed by atoms with Crippen LogP contribution in [0, 0.1) is 5.92 Å². The third kappa shape index (κ3) is 4.43. The quantitative estimate of drug-likeness (QED) is 0.855. The van der Waals surface area contributed by atoms with Crippen LogP contribution in [0.15, 0.2) is 18.2 Å². The molecule has 1 aliphatic rings. The number of hydrogen-bond acceptors (Lipinski definition) is 3. The van der Waals surface area contributed by atoms with Crippen molar-refractivity contribution in [3.8, 4) is 11.5 Å². The van der Waals surface area contributed by atoms with E-state index in [1.165, 1.54) is 18.4 Å². The highest BCUT2D eigenvalue weighted by Gasteiger charge is 2.11. The van der Waals surface area contributed by atoms with E-state index in [0.29, 0.717) is 0 Å². The molecule has 19 heavy (non-hydrogen) atoms. The lowest BCUT2D eigenvalue weighted by Crippen LogP contribution is -2.11. The molecule has 0 aliphatic carbocycles. The van der Waals surface area contributed by atoms with E-state index in [0.717, 1.165) is 50.0 Å². The van der Waals surface area contributed by atoms with E-state index in [1.807, 2.05) is 13.1 Å². The highest BCUT2D eigenvalue weighted by atomic mass is 16.5. The molecule has 1 aromatic carbocycles. The second-order valence-electron chi connectivity index (χ2n) is 5.37. The molecule has 1 N–H and O–H groups in total. The molecule has 0 amide bonds. The van der Waals surface area contributed by atoms with Crippen LogP contribution in [0.5, 0.6) is 11.5 Å². The number of hydrogen-bond donors (Lipinski definition) is 1. The van der Waals surface area contributed by atoms with E-state index >= 15 is 0 Å². The fourth-order valence-corrected chi connectivity index (χ4v) is 2.31.